The molecule has 2 N–H and O–H groups in total. The second-order valence-electron chi connectivity index (χ2n) is 4.20. The van der Waals surface area contributed by atoms with Crippen LogP contribution in [0.15, 0.2) is 24.3 Å². The first-order valence-corrected chi connectivity index (χ1v) is 6.36. The highest BCUT2D eigenvalue weighted by molar-refractivity contribution is 5.87. The van der Waals surface area contributed by atoms with E-state index in [9.17, 15) is 4.79 Å². The summed E-state index contributed by atoms with van der Waals surface area (Å²) >= 11 is 0. The highest BCUT2D eigenvalue weighted by Crippen LogP contribution is 2.11. The van der Waals surface area contributed by atoms with E-state index in [1.165, 1.54) is 12.1 Å². The fraction of sp³-hybridized carbons (Fsp3) is 0.500. The summed E-state index contributed by atoms with van der Waals surface area (Å²) in [6.45, 7) is 2.40. The third kappa shape index (κ3) is 6.01. The van der Waals surface area contributed by atoms with Crippen molar-refractivity contribution >= 4 is 5.97 Å². The number of nitrogens with one attached hydrogen (secondary N) is 1. The molecular formula is C14H21NO5. The van der Waals surface area contributed by atoms with Crippen LogP contribution in [0.4, 0.5) is 0 Å². The van der Waals surface area contributed by atoms with Gasteiger partial charge in [-0.15, -0.1) is 0 Å². The number of hydrogen-bond donors (Lipinski definition) is 2. The van der Waals surface area contributed by atoms with Gasteiger partial charge in [-0.05, 0) is 24.3 Å². The van der Waals surface area contributed by atoms with E-state index in [0.717, 1.165) is 0 Å². The van der Waals surface area contributed by atoms with E-state index in [-0.39, 0.29) is 11.7 Å². The molecule has 6 nitrogen and oxygen atoms in total. The summed E-state index contributed by atoms with van der Waals surface area (Å²) in [4.78, 5) is 10.7. The average molecular weight is 283 g/mol. The van der Waals surface area contributed by atoms with Gasteiger partial charge in [0.25, 0.3) is 0 Å². The van der Waals surface area contributed by atoms with Gasteiger partial charge in [0.2, 0.25) is 0 Å². The van der Waals surface area contributed by atoms with Gasteiger partial charge in [-0.25, -0.2) is 4.79 Å². The quantitative estimate of drug-likeness (QED) is 0.624. The Bertz CT molecular complexity index is 393. The first kappa shape index (κ1) is 16.4. The minimum atomic E-state index is -0.943. The van der Waals surface area contributed by atoms with Crippen molar-refractivity contribution in [3.05, 3.63) is 29.8 Å². The highest BCUT2D eigenvalue weighted by atomic mass is 16.5. The third-order valence-electron chi connectivity index (χ3n) is 2.71. The van der Waals surface area contributed by atoms with E-state index in [4.69, 9.17) is 19.3 Å². The van der Waals surface area contributed by atoms with Crippen molar-refractivity contribution in [3.63, 3.8) is 0 Å². The van der Waals surface area contributed by atoms with Crippen LogP contribution in [0.2, 0.25) is 0 Å². The predicted octanol–water partition coefficient (Wildman–Crippen LogP) is 1.01. The standard InChI is InChI=1S/C14H21NO5/c1-18-10-13(19-2)9-15-7-8-20-12-5-3-11(4-6-12)14(16)17/h3-6,13,15H,7-10H2,1-2H3,(H,16,17). The molecule has 0 spiro atoms. The van der Waals surface area contributed by atoms with Crippen LogP contribution in [0.1, 0.15) is 10.4 Å². The summed E-state index contributed by atoms with van der Waals surface area (Å²) in [7, 11) is 3.28. The molecule has 1 aromatic rings. The van der Waals surface area contributed by atoms with Gasteiger partial charge in [0.15, 0.2) is 0 Å². The zero-order chi connectivity index (χ0) is 14.8. The lowest BCUT2D eigenvalue weighted by Gasteiger charge is -2.15. The van der Waals surface area contributed by atoms with Crippen molar-refractivity contribution in [1.29, 1.82) is 0 Å². The van der Waals surface area contributed by atoms with Gasteiger partial charge in [0.1, 0.15) is 12.4 Å². The lowest BCUT2D eigenvalue weighted by atomic mass is 10.2. The number of ether oxygens (including phenoxy) is 3. The molecule has 0 aliphatic carbocycles. The molecule has 0 bridgehead atoms. The molecule has 0 aliphatic heterocycles. The van der Waals surface area contributed by atoms with Gasteiger partial charge in [0.05, 0.1) is 18.3 Å². The number of carboxylic acid groups (broad SMARTS) is 1. The van der Waals surface area contributed by atoms with Crippen LogP contribution in [0.5, 0.6) is 5.75 Å². The van der Waals surface area contributed by atoms with Crippen LogP contribution < -0.4 is 10.1 Å². The van der Waals surface area contributed by atoms with Crippen molar-refractivity contribution in [2.24, 2.45) is 0 Å². The zero-order valence-electron chi connectivity index (χ0n) is 11.8. The fourth-order valence-electron chi connectivity index (χ4n) is 1.59. The van der Waals surface area contributed by atoms with E-state index < -0.39 is 5.97 Å². The lowest BCUT2D eigenvalue weighted by Crippen LogP contribution is -2.34. The monoisotopic (exact) mass is 283 g/mol. The molecule has 0 aromatic heterocycles. The lowest BCUT2D eigenvalue weighted by molar-refractivity contribution is 0.0286. The molecular weight excluding hydrogens is 262 g/mol. The van der Waals surface area contributed by atoms with Crippen LogP contribution in [0.25, 0.3) is 0 Å². The summed E-state index contributed by atoms with van der Waals surface area (Å²) in [6.07, 6.45) is 0.0230. The molecule has 1 unspecified atom stereocenters. The molecule has 1 rings (SSSR count). The second kappa shape index (κ2) is 9.30. The molecule has 20 heavy (non-hydrogen) atoms. The topological polar surface area (TPSA) is 77.0 Å². The second-order valence-corrected chi connectivity index (χ2v) is 4.20. The molecule has 0 saturated carbocycles. The van der Waals surface area contributed by atoms with Gasteiger partial charge in [0, 0.05) is 27.3 Å². The van der Waals surface area contributed by atoms with E-state index in [1.807, 2.05) is 0 Å². The summed E-state index contributed by atoms with van der Waals surface area (Å²) in [5, 5.41) is 12.0. The Morgan fingerprint density at radius 1 is 1.30 bits per heavy atom. The van der Waals surface area contributed by atoms with Crippen LogP contribution in [-0.4, -0.2) is 57.7 Å². The highest BCUT2D eigenvalue weighted by Gasteiger charge is 2.05. The molecule has 0 radical (unpaired) electrons. The van der Waals surface area contributed by atoms with Crippen molar-refractivity contribution < 1.29 is 24.1 Å². The summed E-state index contributed by atoms with van der Waals surface area (Å²) in [6, 6.07) is 6.33. The van der Waals surface area contributed by atoms with Crippen LogP contribution in [-0.2, 0) is 9.47 Å². The fourth-order valence-corrected chi connectivity index (χ4v) is 1.59. The van der Waals surface area contributed by atoms with E-state index in [0.29, 0.717) is 32.1 Å². The largest absolute Gasteiger partial charge is 0.492 e. The maximum Gasteiger partial charge on any atom is 0.335 e. The minimum absolute atomic E-state index is 0.0230. The molecule has 0 amide bonds. The molecule has 1 aromatic carbocycles. The van der Waals surface area contributed by atoms with E-state index >= 15 is 0 Å². The first-order chi connectivity index (χ1) is 9.67. The Hall–Kier alpha value is -1.63. The Kier molecular flexibility index (Phi) is 7.64. The van der Waals surface area contributed by atoms with Crippen molar-refractivity contribution in [3.8, 4) is 5.75 Å². The molecule has 0 heterocycles. The number of carbonyl (C=O) groups is 1. The summed E-state index contributed by atoms with van der Waals surface area (Å²) in [5.41, 5.74) is 0.248. The van der Waals surface area contributed by atoms with Crippen molar-refractivity contribution in [2.45, 2.75) is 6.10 Å². The molecule has 112 valence electrons. The molecule has 1 atom stereocenters. The minimum Gasteiger partial charge on any atom is -0.492 e. The SMILES string of the molecule is COCC(CNCCOc1ccc(C(=O)O)cc1)OC. The number of methoxy groups -OCH3 is 2. The van der Waals surface area contributed by atoms with Gasteiger partial charge >= 0.3 is 5.97 Å². The van der Waals surface area contributed by atoms with E-state index in [2.05, 4.69) is 5.32 Å². The smallest absolute Gasteiger partial charge is 0.335 e. The number of carboxylic acids is 1. The number of rotatable bonds is 10. The predicted molar refractivity (Wildman–Crippen MR) is 74.4 cm³/mol. The maximum absolute atomic E-state index is 10.7. The Balaban J connectivity index is 2.19. The molecule has 0 aliphatic rings. The van der Waals surface area contributed by atoms with Crippen LogP contribution in [0.3, 0.4) is 0 Å². The summed E-state index contributed by atoms with van der Waals surface area (Å²) < 4.78 is 15.7. The van der Waals surface area contributed by atoms with Gasteiger partial charge in [-0.1, -0.05) is 0 Å². The van der Waals surface area contributed by atoms with Gasteiger partial charge in [-0.3, -0.25) is 0 Å². The first-order valence-electron chi connectivity index (χ1n) is 6.36. The van der Waals surface area contributed by atoms with E-state index in [1.54, 1.807) is 26.4 Å². The van der Waals surface area contributed by atoms with Crippen molar-refractivity contribution in [2.75, 3.05) is 40.5 Å². The molecule has 0 fully saturated rings. The number of hydrogen-bond acceptors (Lipinski definition) is 5. The number of benzene rings is 1. The third-order valence-corrected chi connectivity index (χ3v) is 2.71. The van der Waals surface area contributed by atoms with Gasteiger partial charge in [-0.2, -0.15) is 0 Å². The van der Waals surface area contributed by atoms with Crippen molar-refractivity contribution in [1.82, 2.24) is 5.32 Å². The molecule has 6 heteroatoms. The Morgan fingerprint density at radius 3 is 2.55 bits per heavy atom. The van der Waals surface area contributed by atoms with Gasteiger partial charge < -0.3 is 24.6 Å². The molecule has 0 saturated heterocycles. The maximum atomic E-state index is 10.7. The number of aromatic carboxylic acids is 1. The van der Waals surface area contributed by atoms with Crippen LogP contribution in [0, 0.1) is 0 Å². The summed E-state index contributed by atoms with van der Waals surface area (Å²) in [5.74, 6) is -0.293. The Morgan fingerprint density at radius 2 is 2.00 bits per heavy atom. The zero-order valence-corrected chi connectivity index (χ0v) is 11.8. The normalized spacial score (nSPS) is 12.1. The average Bonchev–Trinajstić information content (AvgIpc) is 2.46. The Labute approximate surface area is 118 Å². The van der Waals surface area contributed by atoms with Crippen LogP contribution >= 0.6 is 0 Å².